The molecule has 2 heterocycles. The van der Waals surface area contributed by atoms with E-state index in [1.54, 1.807) is 6.07 Å². The maximum Gasteiger partial charge on any atom is 0.237 e. The summed E-state index contributed by atoms with van der Waals surface area (Å²) in [6.45, 7) is 3.50. The summed E-state index contributed by atoms with van der Waals surface area (Å²) in [5.74, 6) is 0.0616. The average Bonchev–Trinajstić information content (AvgIpc) is 2.88. The monoisotopic (exact) mass is 341 g/mol. The molecule has 1 aromatic carbocycles. The minimum Gasteiger partial charge on any atom is -0.351 e. The second-order valence-corrected chi connectivity index (χ2v) is 7.26. The number of hydrogen-bond acceptors (Lipinski definition) is 3. The minimum atomic E-state index is -0.0900. The molecule has 120 valence electrons. The highest BCUT2D eigenvalue weighted by Crippen LogP contribution is 2.37. The van der Waals surface area contributed by atoms with E-state index in [0.717, 1.165) is 44.5 Å². The highest BCUT2D eigenvalue weighted by Gasteiger charge is 2.41. The fourth-order valence-corrected chi connectivity index (χ4v) is 4.04. The molecule has 0 bridgehead atoms. The Hall–Kier alpha value is -0.810. The first-order valence-electron chi connectivity index (χ1n) is 7.73. The van der Waals surface area contributed by atoms with E-state index in [4.69, 9.17) is 23.2 Å². The van der Waals surface area contributed by atoms with E-state index in [1.807, 2.05) is 12.1 Å². The number of piperidine rings is 1. The maximum atomic E-state index is 12.4. The van der Waals surface area contributed by atoms with Crippen molar-refractivity contribution < 1.29 is 4.79 Å². The molecular formula is C16H21Cl2N3O. The van der Waals surface area contributed by atoms with Crippen molar-refractivity contribution in [2.75, 3.05) is 19.6 Å². The quantitative estimate of drug-likeness (QED) is 0.790. The van der Waals surface area contributed by atoms with Crippen LogP contribution in [0.2, 0.25) is 10.0 Å². The van der Waals surface area contributed by atoms with Crippen LogP contribution in [-0.4, -0.2) is 31.6 Å². The second kappa shape index (κ2) is 6.75. The van der Waals surface area contributed by atoms with Crippen LogP contribution in [-0.2, 0) is 11.3 Å². The Kier molecular flexibility index (Phi) is 4.93. The molecule has 0 aromatic heterocycles. The molecule has 3 rings (SSSR count). The third-order valence-corrected chi connectivity index (χ3v) is 5.17. The van der Waals surface area contributed by atoms with E-state index < -0.39 is 0 Å². The van der Waals surface area contributed by atoms with Crippen LogP contribution in [0.4, 0.5) is 0 Å². The molecule has 0 unspecified atom stereocenters. The molecule has 3 N–H and O–H groups in total. The van der Waals surface area contributed by atoms with Gasteiger partial charge in [-0.05, 0) is 61.5 Å². The number of nitrogens with one attached hydrogen (secondary N) is 3. The highest BCUT2D eigenvalue weighted by atomic mass is 35.5. The van der Waals surface area contributed by atoms with E-state index in [0.29, 0.717) is 22.0 Å². The number of hydrogen-bond donors (Lipinski definition) is 3. The Morgan fingerprint density at radius 1 is 1.23 bits per heavy atom. The van der Waals surface area contributed by atoms with Crippen LogP contribution in [0.3, 0.4) is 0 Å². The molecule has 0 saturated carbocycles. The van der Waals surface area contributed by atoms with Gasteiger partial charge in [-0.1, -0.05) is 23.2 Å². The molecule has 2 aliphatic rings. The van der Waals surface area contributed by atoms with Crippen molar-refractivity contribution in [3.63, 3.8) is 0 Å². The first-order valence-corrected chi connectivity index (χ1v) is 8.49. The average molecular weight is 342 g/mol. The molecule has 0 radical (unpaired) electrons. The van der Waals surface area contributed by atoms with Crippen molar-refractivity contribution in [2.45, 2.75) is 31.8 Å². The number of rotatable bonds is 3. The Balaban J connectivity index is 1.54. The third kappa shape index (κ3) is 3.74. The van der Waals surface area contributed by atoms with Gasteiger partial charge in [0.25, 0.3) is 0 Å². The SMILES string of the molecule is O=C(NCc1cc(Cl)cc(Cl)c1)[C@H]1CC2(CCNCC2)CN1. The Morgan fingerprint density at radius 2 is 1.91 bits per heavy atom. The topological polar surface area (TPSA) is 53.2 Å². The zero-order valence-corrected chi connectivity index (χ0v) is 13.9. The molecule has 6 heteroatoms. The zero-order chi connectivity index (χ0) is 15.6. The summed E-state index contributed by atoms with van der Waals surface area (Å²) in [4.78, 5) is 12.4. The molecule has 4 nitrogen and oxygen atoms in total. The van der Waals surface area contributed by atoms with Crippen molar-refractivity contribution in [3.05, 3.63) is 33.8 Å². The number of amides is 1. The van der Waals surface area contributed by atoms with E-state index >= 15 is 0 Å². The van der Waals surface area contributed by atoms with Crippen molar-refractivity contribution in [3.8, 4) is 0 Å². The van der Waals surface area contributed by atoms with Gasteiger partial charge in [0.2, 0.25) is 5.91 Å². The van der Waals surface area contributed by atoms with Gasteiger partial charge in [-0.15, -0.1) is 0 Å². The van der Waals surface area contributed by atoms with Crippen LogP contribution in [0.25, 0.3) is 0 Å². The van der Waals surface area contributed by atoms with Gasteiger partial charge < -0.3 is 16.0 Å². The van der Waals surface area contributed by atoms with Gasteiger partial charge in [0.1, 0.15) is 0 Å². The van der Waals surface area contributed by atoms with E-state index in [9.17, 15) is 4.79 Å². The largest absolute Gasteiger partial charge is 0.351 e. The molecule has 0 aliphatic carbocycles. The van der Waals surface area contributed by atoms with Gasteiger partial charge in [0, 0.05) is 23.1 Å². The number of benzene rings is 1. The number of halogens is 2. The fraction of sp³-hybridized carbons (Fsp3) is 0.562. The lowest BCUT2D eigenvalue weighted by Gasteiger charge is -2.33. The lowest BCUT2D eigenvalue weighted by molar-refractivity contribution is -0.123. The molecule has 2 aliphatic heterocycles. The molecule has 1 spiro atoms. The Labute approximate surface area is 140 Å². The van der Waals surface area contributed by atoms with E-state index in [-0.39, 0.29) is 11.9 Å². The molecular weight excluding hydrogens is 321 g/mol. The van der Waals surface area contributed by atoms with Crippen LogP contribution in [0.15, 0.2) is 18.2 Å². The molecule has 2 fully saturated rings. The zero-order valence-electron chi connectivity index (χ0n) is 12.4. The smallest absolute Gasteiger partial charge is 0.237 e. The summed E-state index contributed by atoms with van der Waals surface area (Å²) >= 11 is 11.9. The van der Waals surface area contributed by atoms with Crippen LogP contribution in [0, 0.1) is 5.41 Å². The van der Waals surface area contributed by atoms with Gasteiger partial charge in [0.15, 0.2) is 0 Å². The van der Waals surface area contributed by atoms with Crippen LogP contribution >= 0.6 is 23.2 Å². The maximum absolute atomic E-state index is 12.4. The summed E-state index contributed by atoms with van der Waals surface area (Å²) in [5, 5.41) is 10.9. The third-order valence-electron chi connectivity index (χ3n) is 4.73. The van der Waals surface area contributed by atoms with Crippen LogP contribution in [0.5, 0.6) is 0 Å². The van der Waals surface area contributed by atoms with Gasteiger partial charge >= 0.3 is 0 Å². The molecule has 2 saturated heterocycles. The van der Waals surface area contributed by atoms with Crippen molar-refractivity contribution in [1.29, 1.82) is 0 Å². The summed E-state index contributed by atoms with van der Waals surface area (Å²) < 4.78 is 0. The molecule has 1 atom stereocenters. The predicted octanol–water partition coefficient (Wildman–Crippen LogP) is 2.34. The predicted molar refractivity (Wildman–Crippen MR) is 89.3 cm³/mol. The number of carbonyl (C=O) groups excluding carboxylic acids is 1. The van der Waals surface area contributed by atoms with Crippen molar-refractivity contribution >= 4 is 29.1 Å². The first-order chi connectivity index (χ1) is 10.6. The second-order valence-electron chi connectivity index (χ2n) is 6.38. The Bertz CT molecular complexity index is 538. The summed E-state index contributed by atoms with van der Waals surface area (Å²) in [5.41, 5.74) is 1.22. The summed E-state index contributed by atoms with van der Waals surface area (Å²) in [6.07, 6.45) is 3.22. The Morgan fingerprint density at radius 3 is 2.59 bits per heavy atom. The summed E-state index contributed by atoms with van der Waals surface area (Å²) in [7, 11) is 0. The van der Waals surface area contributed by atoms with E-state index in [2.05, 4.69) is 16.0 Å². The summed E-state index contributed by atoms with van der Waals surface area (Å²) in [6, 6.07) is 5.25. The van der Waals surface area contributed by atoms with Crippen LogP contribution < -0.4 is 16.0 Å². The normalized spacial score (nSPS) is 23.6. The number of carbonyl (C=O) groups is 1. The van der Waals surface area contributed by atoms with Gasteiger partial charge in [-0.25, -0.2) is 0 Å². The first kappa shape index (κ1) is 16.1. The van der Waals surface area contributed by atoms with Crippen LogP contribution in [0.1, 0.15) is 24.8 Å². The molecule has 22 heavy (non-hydrogen) atoms. The molecule has 1 aromatic rings. The minimum absolute atomic E-state index is 0.0616. The van der Waals surface area contributed by atoms with Crippen molar-refractivity contribution in [2.24, 2.45) is 5.41 Å². The standard InChI is InChI=1S/C16H21Cl2N3O/c17-12-5-11(6-13(18)7-12)9-20-15(22)14-8-16(10-21-14)1-3-19-4-2-16/h5-7,14,19,21H,1-4,8-10H2,(H,20,22)/t14-/m1/s1. The van der Waals surface area contributed by atoms with Gasteiger partial charge in [-0.2, -0.15) is 0 Å². The van der Waals surface area contributed by atoms with Gasteiger partial charge in [0.05, 0.1) is 6.04 Å². The van der Waals surface area contributed by atoms with Gasteiger partial charge in [-0.3, -0.25) is 4.79 Å². The van der Waals surface area contributed by atoms with Crippen molar-refractivity contribution in [1.82, 2.24) is 16.0 Å². The molecule has 1 amide bonds. The highest BCUT2D eigenvalue weighted by molar-refractivity contribution is 6.34. The van der Waals surface area contributed by atoms with E-state index in [1.165, 1.54) is 0 Å². The fourth-order valence-electron chi connectivity index (χ4n) is 3.47. The lowest BCUT2D eigenvalue weighted by Crippen LogP contribution is -2.40. The lowest BCUT2D eigenvalue weighted by atomic mass is 9.77.